The van der Waals surface area contributed by atoms with E-state index >= 15 is 0 Å². The fourth-order valence-corrected chi connectivity index (χ4v) is 4.42. The van der Waals surface area contributed by atoms with E-state index in [1.807, 2.05) is 0 Å². The Morgan fingerprint density at radius 1 is 0.654 bits per heavy atom. The van der Waals surface area contributed by atoms with E-state index in [0.717, 1.165) is 52.5 Å². The molecule has 4 aliphatic rings. The summed E-state index contributed by atoms with van der Waals surface area (Å²) in [4.78, 5) is 0. The van der Waals surface area contributed by atoms with E-state index in [9.17, 15) is 0 Å². The van der Waals surface area contributed by atoms with E-state index in [4.69, 9.17) is 23.7 Å². The fourth-order valence-electron chi connectivity index (χ4n) is 4.42. The zero-order chi connectivity index (χ0) is 18.2. The highest BCUT2D eigenvalue weighted by Gasteiger charge is 2.41. The molecule has 26 heavy (non-hydrogen) atoms. The molecular weight excluding hydrogens is 332 g/mol. The van der Waals surface area contributed by atoms with Gasteiger partial charge in [0.25, 0.3) is 0 Å². The first-order valence-corrected chi connectivity index (χ1v) is 10.7. The average molecular weight is 371 g/mol. The second-order valence-electron chi connectivity index (χ2n) is 8.63. The summed E-state index contributed by atoms with van der Waals surface area (Å²) in [6.45, 7) is 9.79. The van der Waals surface area contributed by atoms with Crippen LogP contribution in [-0.4, -0.2) is 64.1 Å². The lowest BCUT2D eigenvalue weighted by Gasteiger charge is -2.35. The summed E-state index contributed by atoms with van der Waals surface area (Å²) in [6.07, 6.45) is 11.1. The number of ether oxygens (including phenoxy) is 5. The number of rotatable bonds is 6. The van der Waals surface area contributed by atoms with Crippen LogP contribution >= 0.6 is 0 Å². The molecule has 4 fully saturated rings. The molecule has 5 heteroatoms. The predicted octanol–water partition coefficient (Wildman–Crippen LogP) is 3.73. The quantitative estimate of drug-likeness (QED) is 0.713. The van der Waals surface area contributed by atoms with Crippen LogP contribution in [0.2, 0.25) is 0 Å². The van der Waals surface area contributed by atoms with E-state index < -0.39 is 0 Å². The van der Waals surface area contributed by atoms with Gasteiger partial charge < -0.3 is 23.7 Å². The minimum Gasteiger partial charge on any atom is -0.378 e. The van der Waals surface area contributed by atoms with Crippen molar-refractivity contribution < 1.29 is 23.7 Å². The molecule has 5 nitrogen and oxygen atoms in total. The second-order valence-corrected chi connectivity index (χ2v) is 8.63. The van der Waals surface area contributed by atoms with Crippen LogP contribution in [0.25, 0.3) is 0 Å². The highest BCUT2D eigenvalue weighted by atomic mass is 16.6. The molecule has 4 aliphatic heterocycles. The molecule has 4 atom stereocenters. The van der Waals surface area contributed by atoms with E-state index in [-0.39, 0.29) is 5.41 Å². The van der Waals surface area contributed by atoms with Crippen LogP contribution in [0.4, 0.5) is 0 Å². The van der Waals surface area contributed by atoms with Gasteiger partial charge in [0.2, 0.25) is 0 Å². The van der Waals surface area contributed by atoms with Crippen LogP contribution in [0, 0.1) is 5.41 Å². The maximum atomic E-state index is 5.75. The van der Waals surface area contributed by atoms with Gasteiger partial charge in [0, 0.05) is 31.8 Å². The molecule has 4 heterocycles. The topological polar surface area (TPSA) is 46.2 Å². The van der Waals surface area contributed by atoms with Crippen LogP contribution in [0.3, 0.4) is 0 Å². The van der Waals surface area contributed by atoms with Crippen molar-refractivity contribution in [2.75, 3.05) is 39.6 Å². The van der Waals surface area contributed by atoms with Gasteiger partial charge in [0.05, 0.1) is 37.6 Å². The monoisotopic (exact) mass is 370 g/mol. The maximum absolute atomic E-state index is 5.75. The molecule has 0 aromatic heterocycles. The molecule has 0 aromatic carbocycles. The van der Waals surface area contributed by atoms with Gasteiger partial charge in [-0.15, -0.1) is 0 Å². The SMILES string of the molecule is C1COC(COCC2CCCO2)C1.CC(C)(C1CCCO1)C1CCCO1. The van der Waals surface area contributed by atoms with Gasteiger partial charge in [-0.1, -0.05) is 13.8 Å². The largest absolute Gasteiger partial charge is 0.378 e. The zero-order valence-electron chi connectivity index (χ0n) is 16.8. The van der Waals surface area contributed by atoms with Crippen molar-refractivity contribution in [2.45, 2.75) is 89.6 Å². The van der Waals surface area contributed by atoms with Gasteiger partial charge in [-0.2, -0.15) is 0 Å². The Bertz CT molecular complexity index is 342. The molecule has 0 amide bonds. The fraction of sp³-hybridized carbons (Fsp3) is 1.00. The summed E-state index contributed by atoms with van der Waals surface area (Å²) in [6, 6.07) is 0. The van der Waals surface area contributed by atoms with Crippen molar-refractivity contribution in [3.8, 4) is 0 Å². The van der Waals surface area contributed by atoms with Gasteiger partial charge in [-0.3, -0.25) is 0 Å². The predicted molar refractivity (Wildman–Crippen MR) is 100 cm³/mol. The summed E-state index contributed by atoms with van der Waals surface area (Å²) < 4.78 is 28.0. The molecule has 0 saturated carbocycles. The average Bonchev–Trinajstić information content (AvgIpc) is 3.45. The molecule has 4 unspecified atom stereocenters. The number of hydrogen-bond donors (Lipinski definition) is 0. The molecular formula is C21H38O5. The van der Waals surface area contributed by atoms with Gasteiger partial charge in [-0.05, 0) is 51.4 Å². The Labute approximate surface area is 159 Å². The molecule has 4 rings (SSSR count). The molecule has 4 saturated heterocycles. The molecule has 0 radical (unpaired) electrons. The van der Waals surface area contributed by atoms with Crippen molar-refractivity contribution in [3.63, 3.8) is 0 Å². The Kier molecular flexibility index (Phi) is 8.19. The van der Waals surface area contributed by atoms with Crippen molar-refractivity contribution in [2.24, 2.45) is 5.41 Å². The summed E-state index contributed by atoms with van der Waals surface area (Å²) in [7, 11) is 0. The summed E-state index contributed by atoms with van der Waals surface area (Å²) in [5.41, 5.74) is 0.215. The maximum Gasteiger partial charge on any atom is 0.0809 e. The molecule has 0 aromatic rings. The Morgan fingerprint density at radius 2 is 1.08 bits per heavy atom. The van der Waals surface area contributed by atoms with Crippen LogP contribution in [-0.2, 0) is 23.7 Å². The summed E-state index contributed by atoms with van der Waals surface area (Å²) in [5.74, 6) is 0. The Morgan fingerprint density at radius 3 is 1.42 bits per heavy atom. The van der Waals surface area contributed by atoms with Crippen molar-refractivity contribution in [3.05, 3.63) is 0 Å². The highest BCUT2D eigenvalue weighted by Crippen LogP contribution is 2.39. The lowest BCUT2D eigenvalue weighted by Crippen LogP contribution is -2.39. The van der Waals surface area contributed by atoms with E-state index in [1.165, 1.54) is 38.5 Å². The lowest BCUT2D eigenvalue weighted by atomic mass is 9.78. The smallest absolute Gasteiger partial charge is 0.0809 e. The third-order valence-corrected chi connectivity index (χ3v) is 6.17. The first kappa shape index (κ1) is 20.5. The molecule has 0 spiro atoms. The van der Waals surface area contributed by atoms with Crippen LogP contribution in [0.1, 0.15) is 65.2 Å². The van der Waals surface area contributed by atoms with Gasteiger partial charge in [0.1, 0.15) is 0 Å². The third kappa shape index (κ3) is 5.90. The minimum absolute atomic E-state index is 0.215. The van der Waals surface area contributed by atoms with Crippen LogP contribution < -0.4 is 0 Å². The van der Waals surface area contributed by atoms with Crippen molar-refractivity contribution in [1.82, 2.24) is 0 Å². The zero-order valence-corrected chi connectivity index (χ0v) is 16.8. The molecule has 0 N–H and O–H groups in total. The molecule has 0 bridgehead atoms. The minimum atomic E-state index is 0.215. The van der Waals surface area contributed by atoms with Crippen LogP contribution in [0.5, 0.6) is 0 Å². The Hall–Kier alpha value is -0.200. The first-order chi connectivity index (χ1) is 12.7. The van der Waals surface area contributed by atoms with Gasteiger partial charge in [0.15, 0.2) is 0 Å². The van der Waals surface area contributed by atoms with E-state index in [0.29, 0.717) is 24.4 Å². The van der Waals surface area contributed by atoms with Crippen molar-refractivity contribution >= 4 is 0 Å². The van der Waals surface area contributed by atoms with Gasteiger partial charge >= 0.3 is 0 Å². The highest BCUT2D eigenvalue weighted by molar-refractivity contribution is 4.90. The van der Waals surface area contributed by atoms with Crippen LogP contribution in [0.15, 0.2) is 0 Å². The standard InChI is InChI=1S/C11H20O2.C10H18O3/c1-11(2,9-5-3-7-12-9)10-6-4-8-13-10;1-3-9(12-5-1)7-11-8-10-4-2-6-13-10/h9-10H,3-8H2,1-2H3;9-10H,1-8H2. The van der Waals surface area contributed by atoms with E-state index in [1.54, 1.807) is 0 Å². The first-order valence-electron chi connectivity index (χ1n) is 10.7. The van der Waals surface area contributed by atoms with E-state index in [2.05, 4.69) is 13.8 Å². The normalized spacial score (nSPS) is 34.8. The summed E-state index contributed by atoms with van der Waals surface area (Å²) >= 11 is 0. The lowest BCUT2D eigenvalue weighted by molar-refractivity contribution is -0.0681. The molecule has 0 aliphatic carbocycles. The van der Waals surface area contributed by atoms with Crippen molar-refractivity contribution in [1.29, 1.82) is 0 Å². The second kappa shape index (κ2) is 10.4. The third-order valence-electron chi connectivity index (χ3n) is 6.17. The summed E-state index contributed by atoms with van der Waals surface area (Å²) in [5, 5.41) is 0. The number of hydrogen-bond acceptors (Lipinski definition) is 5. The molecule has 152 valence electrons. The Balaban J connectivity index is 0.000000151. The van der Waals surface area contributed by atoms with Gasteiger partial charge in [-0.25, -0.2) is 0 Å².